The van der Waals surface area contributed by atoms with Crippen LogP contribution in [-0.4, -0.2) is 71.2 Å². The number of ether oxygens (including phenoxy) is 5. The smallest absolute Gasteiger partial charge is 0.330 e. The molecule has 9 nitrogen and oxygen atoms in total. The van der Waals surface area contributed by atoms with Crippen molar-refractivity contribution >= 4 is 12.3 Å². The number of methoxy groups -OCH3 is 1. The monoisotopic (exact) mass is 502 g/mol. The second-order valence-corrected chi connectivity index (χ2v) is 12.3. The van der Waals surface area contributed by atoms with Crippen LogP contribution in [0.25, 0.3) is 0 Å². The molecule has 4 aliphatic heterocycles. The van der Waals surface area contributed by atoms with Crippen molar-refractivity contribution in [3.63, 3.8) is 0 Å². The summed E-state index contributed by atoms with van der Waals surface area (Å²) in [6, 6.07) is 0. The highest BCUT2D eigenvalue weighted by atomic mass is 16.9. The molecule has 3 saturated heterocycles. The average molecular weight is 503 g/mol. The second kappa shape index (κ2) is 6.99. The molecule has 6 bridgehead atoms. The Morgan fingerprint density at radius 2 is 2.00 bits per heavy atom. The molecule has 0 radical (unpaired) electrons. The molecule has 2 N–H and O–H groups in total. The van der Waals surface area contributed by atoms with E-state index in [0.29, 0.717) is 32.1 Å². The molecule has 8 rings (SSSR count). The lowest BCUT2D eigenvalue weighted by Crippen LogP contribution is -2.84. The summed E-state index contributed by atoms with van der Waals surface area (Å²) >= 11 is 0. The molecule has 0 unspecified atom stereocenters. The number of carbonyl (C=O) groups is 2. The van der Waals surface area contributed by atoms with Gasteiger partial charge in [0, 0.05) is 43.1 Å². The van der Waals surface area contributed by atoms with Gasteiger partial charge in [-0.15, -0.1) is 0 Å². The first-order chi connectivity index (χ1) is 17.1. The van der Waals surface area contributed by atoms with Crippen molar-refractivity contribution in [3.05, 3.63) is 24.0 Å². The number of allylic oxidation sites excluding steroid dienone is 2. The van der Waals surface area contributed by atoms with Crippen molar-refractivity contribution < 1.29 is 43.5 Å². The van der Waals surface area contributed by atoms with E-state index < -0.39 is 58.2 Å². The maximum atomic E-state index is 13.2. The second-order valence-electron chi connectivity index (χ2n) is 12.3. The number of aldehydes is 1. The molecular weight excluding hydrogens is 468 g/mol. The lowest BCUT2D eigenvalue weighted by atomic mass is 9.39. The number of esters is 1. The lowest BCUT2D eigenvalue weighted by molar-refractivity contribution is -0.544. The summed E-state index contributed by atoms with van der Waals surface area (Å²) in [6.45, 7) is 3.75. The SMILES string of the molecule is COC(=O)/C=C/C1=CO[C@]23CC[C@H]1[C@@]2(C)[C@@H](O)[C@@H](O)[C@H]1[C@H]3CC[C@]23C[C@@H]4C[C@@H](O[C@@](C)(O4)O2)[C@]13C=O. The van der Waals surface area contributed by atoms with E-state index in [0.717, 1.165) is 18.3 Å². The van der Waals surface area contributed by atoms with Crippen molar-refractivity contribution in [2.45, 2.75) is 94.0 Å². The summed E-state index contributed by atoms with van der Waals surface area (Å²) < 4.78 is 30.1. The van der Waals surface area contributed by atoms with Crippen LogP contribution in [0.3, 0.4) is 0 Å². The Morgan fingerprint density at radius 3 is 2.72 bits per heavy atom. The molecule has 9 heteroatoms. The zero-order chi connectivity index (χ0) is 25.3. The fourth-order valence-electron chi connectivity index (χ4n) is 10.1. The van der Waals surface area contributed by atoms with Crippen molar-refractivity contribution in [2.75, 3.05) is 7.11 Å². The zero-order valence-electron chi connectivity index (χ0n) is 20.8. The van der Waals surface area contributed by atoms with Crippen LogP contribution in [-0.2, 0) is 33.3 Å². The van der Waals surface area contributed by atoms with Gasteiger partial charge in [-0.25, -0.2) is 4.79 Å². The number of carbonyl (C=O) groups excluding carboxylic acids is 2. The highest BCUT2D eigenvalue weighted by Gasteiger charge is 2.83. The zero-order valence-corrected chi connectivity index (χ0v) is 20.8. The lowest BCUT2D eigenvalue weighted by Gasteiger charge is -2.74. The maximum absolute atomic E-state index is 13.2. The highest BCUT2D eigenvalue weighted by molar-refractivity contribution is 5.82. The summed E-state index contributed by atoms with van der Waals surface area (Å²) in [4.78, 5) is 25.0. The van der Waals surface area contributed by atoms with Crippen molar-refractivity contribution in [2.24, 2.45) is 28.6 Å². The van der Waals surface area contributed by atoms with Crippen LogP contribution in [0.1, 0.15) is 52.4 Å². The van der Waals surface area contributed by atoms with Gasteiger partial charge >= 0.3 is 5.97 Å². The van der Waals surface area contributed by atoms with Gasteiger partial charge in [0.2, 0.25) is 0 Å². The van der Waals surface area contributed by atoms with Crippen molar-refractivity contribution in [3.8, 4) is 0 Å². The van der Waals surface area contributed by atoms with E-state index in [4.69, 9.17) is 23.7 Å². The Kier molecular flexibility index (Phi) is 4.54. The van der Waals surface area contributed by atoms with Crippen LogP contribution < -0.4 is 0 Å². The summed E-state index contributed by atoms with van der Waals surface area (Å²) in [7, 11) is 1.32. The van der Waals surface area contributed by atoms with Crippen LogP contribution in [0.4, 0.5) is 0 Å². The Balaban J connectivity index is 1.35. The Hall–Kier alpha value is -1.78. The van der Waals surface area contributed by atoms with E-state index in [2.05, 4.69) is 0 Å². The standard InChI is InChI=1S/C27H34O9/c1-23-16-7-9-27(23,33-12-14(16)4-5-19(29)32-3)17-6-8-25-11-15-10-18(35-24(2,34-15)36-25)26(25,13-28)20(17)21(30)22(23)31/h4-5,12-13,15-18,20-22,30-31H,6-11H2,1-3H3/b5-4+/t15-,16+,17+,18+,20+,21-,22-,23-,24+,25+,26+,27-/m0/s1. The predicted octanol–water partition coefficient (Wildman–Crippen LogP) is 1.75. The van der Waals surface area contributed by atoms with Gasteiger partial charge in [0.1, 0.15) is 11.9 Å². The molecule has 36 heavy (non-hydrogen) atoms. The van der Waals surface area contributed by atoms with E-state index >= 15 is 0 Å². The molecule has 0 aromatic carbocycles. The fraction of sp³-hybridized carbons (Fsp3) is 0.778. The molecule has 4 heterocycles. The third kappa shape index (κ3) is 2.37. The molecule has 4 saturated carbocycles. The minimum Gasteiger partial charge on any atom is -0.494 e. The number of aliphatic hydroxyl groups excluding tert-OH is 2. The molecule has 7 fully saturated rings. The molecule has 196 valence electrons. The molecule has 0 aromatic rings. The van der Waals surface area contributed by atoms with E-state index in [1.807, 2.05) is 6.92 Å². The molecule has 1 spiro atoms. The highest BCUT2D eigenvalue weighted by Crippen LogP contribution is 2.75. The summed E-state index contributed by atoms with van der Waals surface area (Å²) in [5.74, 6) is -2.54. The van der Waals surface area contributed by atoms with Crippen molar-refractivity contribution in [1.82, 2.24) is 0 Å². The van der Waals surface area contributed by atoms with Gasteiger partial charge in [-0.2, -0.15) is 0 Å². The van der Waals surface area contributed by atoms with Gasteiger partial charge in [-0.3, -0.25) is 0 Å². The predicted molar refractivity (Wildman–Crippen MR) is 122 cm³/mol. The normalized spacial score (nSPS) is 57.9. The van der Waals surface area contributed by atoms with Gasteiger partial charge in [0.05, 0.1) is 48.8 Å². The number of aliphatic hydroxyl groups is 2. The Labute approximate surface area is 209 Å². The molecule has 0 amide bonds. The van der Waals surface area contributed by atoms with Gasteiger partial charge in [0.25, 0.3) is 5.97 Å². The van der Waals surface area contributed by atoms with Crippen molar-refractivity contribution in [1.29, 1.82) is 0 Å². The summed E-state index contributed by atoms with van der Waals surface area (Å²) in [5.41, 5.74) is -2.67. The first kappa shape index (κ1) is 23.3. The quantitative estimate of drug-likeness (QED) is 0.338. The Bertz CT molecular complexity index is 1090. The van der Waals surface area contributed by atoms with Crippen LogP contribution in [0.2, 0.25) is 0 Å². The van der Waals surface area contributed by atoms with E-state index in [1.54, 1.807) is 19.3 Å². The number of rotatable bonds is 3. The van der Waals surface area contributed by atoms with Gasteiger partial charge in [-0.1, -0.05) is 6.92 Å². The fourth-order valence-corrected chi connectivity index (χ4v) is 10.1. The summed E-state index contributed by atoms with van der Waals surface area (Å²) in [5, 5.41) is 23.8. The topological polar surface area (TPSA) is 121 Å². The Morgan fingerprint density at radius 1 is 1.19 bits per heavy atom. The first-order valence-electron chi connectivity index (χ1n) is 13.1. The van der Waals surface area contributed by atoms with Gasteiger partial charge in [0.15, 0.2) is 0 Å². The van der Waals surface area contributed by atoms with E-state index in [1.165, 1.54) is 13.2 Å². The van der Waals surface area contributed by atoms with Crippen LogP contribution in [0, 0.1) is 28.6 Å². The minimum atomic E-state index is -1.19. The first-order valence-corrected chi connectivity index (χ1v) is 13.1. The molecule has 4 aliphatic carbocycles. The molecule has 0 aromatic heterocycles. The minimum absolute atomic E-state index is 0.0601. The van der Waals surface area contributed by atoms with Gasteiger partial charge < -0.3 is 38.7 Å². The van der Waals surface area contributed by atoms with Crippen LogP contribution >= 0.6 is 0 Å². The van der Waals surface area contributed by atoms with E-state index in [-0.39, 0.29) is 17.9 Å². The number of hydrogen-bond acceptors (Lipinski definition) is 9. The largest absolute Gasteiger partial charge is 0.494 e. The third-order valence-electron chi connectivity index (χ3n) is 11.3. The number of hydrogen-bond donors (Lipinski definition) is 2. The third-order valence-corrected chi connectivity index (χ3v) is 11.3. The van der Waals surface area contributed by atoms with E-state index in [9.17, 15) is 19.8 Å². The average Bonchev–Trinajstić information content (AvgIpc) is 3.01. The molecular formula is C27H34O9. The molecule has 12 atom stereocenters. The molecule has 8 aliphatic rings. The van der Waals surface area contributed by atoms with Gasteiger partial charge in [-0.05, 0) is 43.3 Å². The number of fused-ring (bicyclic) bond motifs is 1. The van der Waals surface area contributed by atoms with Crippen LogP contribution in [0.15, 0.2) is 24.0 Å². The summed E-state index contributed by atoms with van der Waals surface area (Å²) in [6.07, 6.45) is 6.76. The van der Waals surface area contributed by atoms with Crippen LogP contribution in [0.5, 0.6) is 0 Å². The maximum Gasteiger partial charge on any atom is 0.330 e.